The third-order valence-corrected chi connectivity index (χ3v) is 7.16. The van der Waals surface area contributed by atoms with Gasteiger partial charge in [0.15, 0.2) is 0 Å². The van der Waals surface area contributed by atoms with Gasteiger partial charge >= 0.3 is 0 Å². The lowest BCUT2D eigenvalue weighted by Crippen LogP contribution is -2.25. The first-order valence-corrected chi connectivity index (χ1v) is 11.2. The molecule has 0 spiro atoms. The van der Waals surface area contributed by atoms with Gasteiger partial charge in [-0.25, -0.2) is 4.39 Å². The molecule has 0 radical (unpaired) electrons. The predicted molar refractivity (Wildman–Crippen MR) is 109 cm³/mol. The van der Waals surface area contributed by atoms with E-state index in [9.17, 15) is 4.39 Å². The van der Waals surface area contributed by atoms with E-state index in [1.54, 1.807) is 12.1 Å². The maximum atomic E-state index is 13.5. The first-order valence-electron chi connectivity index (χ1n) is 9.86. The van der Waals surface area contributed by atoms with Crippen molar-refractivity contribution >= 4 is 27.5 Å². The molecule has 2 fully saturated rings. The second kappa shape index (κ2) is 9.55. The molecule has 0 heterocycles. The van der Waals surface area contributed by atoms with Crippen molar-refractivity contribution in [3.05, 3.63) is 45.7 Å². The van der Waals surface area contributed by atoms with Gasteiger partial charge in [-0.05, 0) is 97.7 Å². The van der Waals surface area contributed by atoms with Gasteiger partial charge in [-0.15, -0.1) is 0 Å². The lowest BCUT2D eigenvalue weighted by Gasteiger charge is -2.37. The predicted octanol–water partition coefficient (Wildman–Crippen LogP) is 7.93. The second-order valence-electron chi connectivity index (χ2n) is 8.06. The molecule has 138 valence electrons. The summed E-state index contributed by atoms with van der Waals surface area (Å²) in [7, 11) is 0. The summed E-state index contributed by atoms with van der Waals surface area (Å²) in [6.45, 7) is 0. The van der Waals surface area contributed by atoms with Crippen LogP contribution in [0, 0.1) is 29.5 Å². The molecule has 1 aromatic carbocycles. The standard InChI is InChI=1S/C22H29BrClF/c23-14-13-17-5-10-20(11-6-17)19-8-3-16(4-9-19)1-2-18-7-12-21(24)22(25)15-18/h7,12-17,19-20H,1-6,8-11H2. The van der Waals surface area contributed by atoms with E-state index in [-0.39, 0.29) is 10.8 Å². The van der Waals surface area contributed by atoms with Crippen molar-refractivity contribution in [1.82, 2.24) is 0 Å². The number of hydrogen-bond donors (Lipinski definition) is 0. The highest BCUT2D eigenvalue weighted by Gasteiger charge is 2.30. The number of aryl methyl sites for hydroxylation is 1. The van der Waals surface area contributed by atoms with Crippen molar-refractivity contribution in [2.24, 2.45) is 23.7 Å². The maximum absolute atomic E-state index is 13.5. The normalized spacial score (nSPS) is 30.7. The van der Waals surface area contributed by atoms with E-state index < -0.39 is 0 Å². The van der Waals surface area contributed by atoms with Crippen LogP contribution >= 0.6 is 27.5 Å². The summed E-state index contributed by atoms with van der Waals surface area (Å²) in [5.74, 6) is 3.26. The Bertz CT molecular complexity index is 569. The lowest BCUT2D eigenvalue weighted by molar-refractivity contribution is 0.153. The van der Waals surface area contributed by atoms with Crippen molar-refractivity contribution in [2.45, 2.75) is 64.2 Å². The first kappa shape index (κ1) is 19.4. The average molecular weight is 428 g/mol. The van der Waals surface area contributed by atoms with Gasteiger partial charge in [0.2, 0.25) is 0 Å². The Morgan fingerprint density at radius 2 is 1.64 bits per heavy atom. The van der Waals surface area contributed by atoms with Gasteiger partial charge in [-0.1, -0.05) is 52.5 Å². The fraction of sp³-hybridized carbons (Fsp3) is 0.636. The summed E-state index contributed by atoms with van der Waals surface area (Å²) < 4.78 is 13.5. The summed E-state index contributed by atoms with van der Waals surface area (Å²) >= 11 is 9.18. The van der Waals surface area contributed by atoms with E-state index in [4.69, 9.17) is 11.6 Å². The van der Waals surface area contributed by atoms with Crippen LogP contribution in [0.1, 0.15) is 63.4 Å². The van der Waals surface area contributed by atoms with Crippen LogP contribution < -0.4 is 0 Å². The Morgan fingerprint density at radius 3 is 2.24 bits per heavy atom. The van der Waals surface area contributed by atoms with E-state index in [0.717, 1.165) is 35.7 Å². The fourth-order valence-corrected chi connectivity index (χ4v) is 5.48. The van der Waals surface area contributed by atoms with E-state index >= 15 is 0 Å². The van der Waals surface area contributed by atoms with Crippen molar-refractivity contribution in [2.75, 3.05) is 0 Å². The summed E-state index contributed by atoms with van der Waals surface area (Å²) in [6, 6.07) is 5.26. The molecule has 2 aliphatic rings. The molecule has 0 aromatic heterocycles. The van der Waals surface area contributed by atoms with Crippen LogP contribution in [-0.4, -0.2) is 0 Å². The monoisotopic (exact) mass is 426 g/mol. The molecule has 0 unspecified atom stereocenters. The van der Waals surface area contributed by atoms with Gasteiger partial charge in [0.1, 0.15) is 5.82 Å². The van der Waals surface area contributed by atoms with Crippen LogP contribution in [0.2, 0.25) is 5.02 Å². The van der Waals surface area contributed by atoms with Gasteiger partial charge < -0.3 is 0 Å². The van der Waals surface area contributed by atoms with Crippen LogP contribution in [0.4, 0.5) is 4.39 Å². The zero-order valence-corrected chi connectivity index (χ0v) is 17.2. The highest BCUT2D eigenvalue weighted by molar-refractivity contribution is 9.11. The Balaban J connectivity index is 1.39. The largest absolute Gasteiger partial charge is 0.205 e. The van der Waals surface area contributed by atoms with Gasteiger partial charge in [0.05, 0.1) is 5.02 Å². The number of rotatable bonds is 5. The Hall–Kier alpha value is -0.340. The van der Waals surface area contributed by atoms with Crippen LogP contribution in [0.5, 0.6) is 0 Å². The third-order valence-electron chi connectivity index (χ3n) is 6.54. The van der Waals surface area contributed by atoms with E-state index in [0.29, 0.717) is 0 Å². The van der Waals surface area contributed by atoms with Crippen molar-refractivity contribution < 1.29 is 4.39 Å². The number of hydrogen-bond acceptors (Lipinski definition) is 0. The van der Waals surface area contributed by atoms with E-state index in [2.05, 4.69) is 22.0 Å². The van der Waals surface area contributed by atoms with Crippen molar-refractivity contribution in [3.63, 3.8) is 0 Å². The van der Waals surface area contributed by atoms with Crippen LogP contribution in [0.15, 0.2) is 29.3 Å². The maximum Gasteiger partial charge on any atom is 0.142 e. The smallest absolute Gasteiger partial charge is 0.142 e. The molecule has 2 saturated carbocycles. The van der Waals surface area contributed by atoms with Gasteiger partial charge in [0.25, 0.3) is 0 Å². The average Bonchev–Trinajstić information content (AvgIpc) is 2.64. The van der Waals surface area contributed by atoms with Gasteiger partial charge in [0, 0.05) is 0 Å². The molecular weight excluding hydrogens is 399 g/mol. The lowest BCUT2D eigenvalue weighted by atomic mass is 9.68. The molecule has 0 nitrogen and oxygen atoms in total. The molecule has 3 heteroatoms. The number of benzene rings is 1. The zero-order valence-electron chi connectivity index (χ0n) is 14.9. The highest BCUT2D eigenvalue weighted by atomic mass is 79.9. The van der Waals surface area contributed by atoms with E-state index in [1.807, 2.05) is 11.1 Å². The molecule has 2 aliphatic carbocycles. The molecule has 0 saturated heterocycles. The summed E-state index contributed by atoms with van der Waals surface area (Å²) in [6.07, 6.45) is 15.6. The van der Waals surface area contributed by atoms with Crippen LogP contribution in [-0.2, 0) is 6.42 Å². The molecule has 0 N–H and O–H groups in total. The van der Waals surface area contributed by atoms with Crippen molar-refractivity contribution in [1.29, 1.82) is 0 Å². The van der Waals surface area contributed by atoms with E-state index in [1.165, 1.54) is 57.8 Å². The molecule has 0 amide bonds. The second-order valence-corrected chi connectivity index (χ2v) is 9.00. The molecule has 0 atom stereocenters. The van der Waals surface area contributed by atoms with Crippen LogP contribution in [0.3, 0.4) is 0 Å². The van der Waals surface area contributed by atoms with Crippen molar-refractivity contribution in [3.8, 4) is 0 Å². The molecule has 0 bridgehead atoms. The first-order chi connectivity index (χ1) is 12.2. The van der Waals surface area contributed by atoms with Crippen LogP contribution in [0.25, 0.3) is 0 Å². The van der Waals surface area contributed by atoms with Gasteiger partial charge in [-0.2, -0.15) is 0 Å². The Kier molecular flexibility index (Phi) is 7.42. The summed E-state index contributed by atoms with van der Waals surface area (Å²) in [5, 5.41) is 0.227. The third kappa shape index (κ3) is 5.57. The summed E-state index contributed by atoms with van der Waals surface area (Å²) in [5.41, 5.74) is 1.09. The minimum Gasteiger partial charge on any atom is -0.205 e. The molecule has 3 rings (SSSR count). The topological polar surface area (TPSA) is 0 Å². The van der Waals surface area contributed by atoms with Gasteiger partial charge in [-0.3, -0.25) is 0 Å². The Labute approximate surface area is 165 Å². The highest BCUT2D eigenvalue weighted by Crippen LogP contribution is 2.42. The molecule has 25 heavy (non-hydrogen) atoms. The zero-order chi connectivity index (χ0) is 17.6. The number of allylic oxidation sites excluding steroid dienone is 1. The Morgan fingerprint density at radius 1 is 1.00 bits per heavy atom. The fourth-order valence-electron chi connectivity index (χ4n) is 4.93. The molecular formula is C22H29BrClF. The molecule has 1 aromatic rings. The minimum atomic E-state index is -0.284. The molecule has 0 aliphatic heterocycles. The summed E-state index contributed by atoms with van der Waals surface area (Å²) in [4.78, 5) is 2.04. The SMILES string of the molecule is Fc1cc(CCC2CCC(C3CCC(C=CBr)CC3)CC2)ccc1Cl. The number of halogens is 3. The quantitative estimate of drug-likeness (QED) is 0.447. The minimum absolute atomic E-state index is 0.227.